The van der Waals surface area contributed by atoms with Crippen LogP contribution in [0.2, 0.25) is 0 Å². The number of hydrogen-bond donors (Lipinski definition) is 0. The van der Waals surface area contributed by atoms with Gasteiger partial charge in [0.15, 0.2) is 0 Å². The summed E-state index contributed by atoms with van der Waals surface area (Å²) in [5, 5.41) is 15.4. The molecule has 0 heteroatoms. The normalized spacial score (nSPS) is 12.2. The van der Waals surface area contributed by atoms with Crippen molar-refractivity contribution in [2.75, 3.05) is 0 Å². The highest BCUT2D eigenvalue weighted by Gasteiger charge is 2.23. The van der Waals surface area contributed by atoms with Gasteiger partial charge in [-0.3, -0.25) is 0 Å². The molecule has 0 saturated carbocycles. The predicted molar refractivity (Wildman–Crippen MR) is 245 cm³/mol. The standard InChI is InChI=1S/C56H46/c1-33-24-49-51(26-35(33)3)55(52-27-36(4)34(2)25-50(52)54(49)44-21-17-38-13-9-11-15-40(38)29-44)53-31-43-20-19-42(41-18-16-37-12-8-10-14-39(37)28-41)30-47(43)48-32-45(56(5,6)7)22-23-46(48)53/h8-32H,1-7H3. The second-order valence-electron chi connectivity index (χ2n) is 17.2. The molecule has 0 atom stereocenters. The van der Waals surface area contributed by atoms with Crippen LogP contribution in [0.5, 0.6) is 0 Å². The summed E-state index contributed by atoms with van der Waals surface area (Å²) >= 11 is 0. The minimum absolute atomic E-state index is 0.0106. The predicted octanol–water partition coefficient (Wildman–Crippen LogP) is 16.1. The number of aryl methyl sites for hydroxylation is 4. The second-order valence-corrected chi connectivity index (χ2v) is 17.2. The maximum Gasteiger partial charge on any atom is -0.00197 e. The monoisotopic (exact) mass is 718 g/mol. The Balaban J connectivity index is 1.33. The quantitative estimate of drug-likeness (QED) is 0.126. The van der Waals surface area contributed by atoms with Crippen LogP contribution in [0.4, 0.5) is 0 Å². The average Bonchev–Trinajstić information content (AvgIpc) is 3.20. The molecule has 0 saturated heterocycles. The molecular weight excluding hydrogens is 673 g/mol. The van der Waals surface area contributed by atoms with Gasteiger partial charge in [0, 0.05) is 0 Å². The molecule has 0 aromatic heterocycles. The Labute approximate surface area is 330 Å². The van der Waals surface area contributed by atoms with E-state index in [1.165, 1.54) is 126 Å². The van der Waals surface area contributed by atoms with Crippen LogP contribution in [-0.2, 0) is 5.41 Å². The third-order valence-electron chi connectivity index (χ3n) is 12.6. The number of hydrogen-bond acceptors (Lipinski definition) is 0. The highest BCUT2D eigenvalue weighted by molar-refractivity contribution is 6.26. The molecule has 0 aliphatic rings. The van der Waals surface area contributed by atoms with Crippen molar-refractivity contribution in [3.8, 4) is 33.4 Å². The molecule has 0 unspecified atom stereocenters. The van der Waals surface area contributed by atoms with Gasteiger partial charge in [0.1, 0.15) is 0 Å². The highest BCUT2D eigenvalue weighted by Crippen LogP contribution is 2.49. The molecular formula is C56H46. The number of rotatable bonds is 3. The third-order valence-corrected chi connectivity index (χ3v) is 12.6. The average molecular weight is 719 g/mol. The lowest BCUT2D eigenvalue weighted by molar-refractivity contribution is 0.591. The molecule has 56 heavy (non-hydrogen) atoms. The van der Waals surface area contributed by atoms with Crippen LogP contribution in [0.1, 0.15) is 48.6 Å². The topological polar surface area (TPSA) is 0 Å². The Kier molecular flexibility index (Phi) is 7.74. The van der Waals surface area contributed by atoms with Gasteiger partial charge in [0.2, 0.25) is 0 Å². The Bertz CT molecular complexity index is 3190. The van der Waals surface area contributed by atoms with Crippen LogP contribution in [0.25, 0.3) is 98.0 Å². The van der Waals surface area contributed by atoms with Crippen molar-refractivity contribution in [2.45, 2.75) is 53.9 Å². The van der Waals surface area contributed by atoms with Gasteiger partial charge >= 0.3 is 0 Å². The van der Waals surface area contributed by atoms with E-state index < -0.39 is 0 Å². The molecule has 0 amide bonds. The number of benzene rings is 10. The zero-order valence-corrected chi connectivity index (χ0v) is 33.4. The Hall–Kier alpha value is -6.24. The van der Waals surface area contributed by atoms with Crippen molar-refractivity contribution >= 4 is 64.6 Å². The molecule has 0 spiro atoms. The molecule has 10 aromatic rings. The first-order chi connectivity index (χ1) is 27.0. The molecule has 0 aliphatic carbocycles. The van der Waals surface area contributed by atoms with Crippen LogP contribution in [0.3, 0.4) is 0 Å². The largest absolute Gasteiger partial charge is 0.0616 e. The Morgan fingerprint density at radius 2 is 0.768 bits per heavy atom. The fourth-order valence-corrected chi connectivity index (χ4v) is 9.07. The number of fused-ring (bicyclic) bond motifs is 7. The first-order valence-corrected chi connectivity index (χ1v) is 20.0. The van der Waals surface area contributed by atoms with E-state index in [1.807, 2.05) is 0 Å². The maximum absolute atomic E-state index is 2.48. The SMILES string of the molecule is Cc1cc2c(-c3ccc4ccccc4c3)c3cc(C)c(C)cc3c(-c3cc4ccc(-c5ccc6ccccc6c5)cc4c4cc(C(C)(C)C)ccc34)c2cc1C. The van der Waals surface area contributed by atoms with Crippen molar-refractivity contribution in [2.24, 2.45) is 0 Å². The van der Waals surface area contributed by atoms with Crippen LogP contribution in [0.15, 0.2) is 152 Å². The molecule has 0 N–H and O–H groups in total. The van der Waals surface area contributed by atoms with Crippen LogP contribution in [-0.4, -0.2) is 0 Å². The molecule has 0 aliphatic heterocycles. The zero-order chi connectivity index (χ0) is 38.5. The first-order valence-electron chi connectivity index (χ1n) is 20.0. The first kappa shape index (κ1) is 34.3. The highest BCUT2D eigenvalue weighted by atomic mass is 14.3. The summed E-state index contributed by atoms with van der Waals surface area (Å²) < 4.78 is 0. The van der Waals surface area contributed by atoms with Crippen molar-refractivity contribution < 1.29 is 0 Å². The minimum atomic E-state index is 0.0106. The molecule has 0 bridgehead atoms. The molecule has 0 fully saturated rings. The van der Waals surface area contributed by atoms with Gasteiger partial charge < -0.3 is 0 Å². The van der Waals surface area contributed by atoms with Gasteiger partial charge in [-0.25, -0.2) is 0 Å². The van der Waals surface area contributed by atoms with Gasteiger partial charge in [0.05, 0.1) is 0 Å². The van der Waals surface area contributed by atoms with E-state index in [2.05, 4.69) is 200 Å². The summed E-state index contributed by atoms with van der Waals surface area (Å²) in [4.78, 5) is 0. The fraction of sp³-hybridized carbons (Fsp3) is 0.143. The van der Waals surface area contributed by atoms with E-state index in [0.29, 0.717) is 0 Å². The summed E-state index contributed by atoms with van der Waals surface area (Å²) in [7, 11) is 0. The summed E-state index contributed by atoms with van der Waals surface area (Å²) in [6.45, 7) is 16.0. The summed E-state index contributed by atoms with van der Waals surface area (Å²) in [6.07, 6.45) is 0. The van der Waals surface area contributed by atoms with Crippen molar-refractivity contribution in [1.29, 1.82) is 0 Å². The molecule has 0 nitrogen and oxygen atoms in total. The van der Waals surface area contributed by atoms with E-state index in [-0.39, 0.29) is 5.41 Å². The van der Waals surface area contributed by atoms with Gasteiger partial charge in [0.25, 0.3) is 0 Å². The lowest BCUT2D eigenvalue weighted by Crippen LogP contribution is -2.10. The smallest absolute Gasteiger partial charge is 0.00197 e. The van der Waals surface area contributed by atoms with Gasteiger partial charge in [-0.15, -0.1) is 0 Å². The van der Waals surface area contributed by atoms with E-state index in [4.69, 9.17) is 0 Å². The van der Waals surface area contributed by atoms with Crippen molar-refractivity contribution in [3.05, 3.63) is 179 Å². The van der Waals surface area contributed by atoms with E-state index in [1.54, 1.807) is 0 Å². The van der Waals surface area contributed by atoms with Gasteiger partial charge in [-0.1, -0.05) is 142 Å². The Morgan fingerprint density at radius 1 is 0.304 bits per heavy atom. The van der Waals surface area contributed by atoms with E-state index in [0.717, 1.165) is 0 Å². The molecule has 0 radical (unpaired) electrons. The molecule has 0 heterocycles. The van der Waals surface area contributed by atoms with Crippen LogP contribution < -0.4 is 0 Å². The van der Waals surface area contributed by atoms with E-state index in [9.17, 15) is 0 Å². The summed E-state index contributed by atoms with van der Waals surface area (Å²) in [6, 6.07) is 57.9. The fourth-order valence-electron chi connectivity index (χ4n) is 9.07. The lowest BCUT2D eigenvalue weighted by atomic mass is 9.80. The zero-order valence-electron chi connectivity index (χ0n) is 33.4. The lowest BCUT2D eigenvalue weighted by Gasteiger charge is -2.23. The van der Waals surface area contributed by atoms with Crippen LogP contribution in [0, 0.1) is 27.7 Å². The Morgan fingerprint density at radius 3 is 1.32 bits per heavy atom. The summed E-state index contributed by atoms with van der Waals surface area (Å²) in [5.41, 5.74) is 14.3. The maximum atomic E-state index is 2.48. The van der Waals surface area contributed by atoms with Gasteiger partial charge in [-0.2, -0.15) is 0 Å². The molecule has 10 rings (SSSR count). The van der Waals surface area contributed by atoms with Gasteiger partial charge in [-0.05, 0) is 189 Å². The second kappa shape index (κ2) is 12.7. The minimum Gasteiger partial charge on any atom is -0.0616 e. The van der Waals surface area contributed by atoms with E-state index >= 15 is 0 Å². The third kappa shape index (κ3) is 5.50. The van der Waals surface area contributed by atoms with Crippen molar-refractivity contribution in [3.63, 3.8) is 0 Å². The molecule has 270 valence electrons. The van der Waals surface area contributed by atoms with Crippen molar-refractivity contribution in [1.82, 2.24) is 0 Å². The molecule has 10 aromatic carbocycles. The van der Waals surface area contributed by atoms with Crippen LogP contribution >= 0.6 is 0 Å². The summed E-state index contributed by atoms with van der Waals surface area (Å²) in [5.74, 6) is 0.